The van der Waals surface area contributed by atoms with Crippen molar-refractivity contribution in [3.8, 4) is 0 Å². The van der Waals surface area contributed by atoms with Crippen LogP contribution in [0.4, 0.5) is 5.69 Å². The smallest absolute Gasteiger partial charge is 0.251 e. The zero-order valence-corrected chi connectivity index (χ0v) is 16.5. The van der Waals surface area contributed by atoms with E-state index in [1.54, 1.807) is 0 Å². The first-order chi connectivity index (χ1) is 14.7. The molecule has 148 valence electrons. The summed E-state index contributed by atoms with van der Waals surface area (Å²) in [6.45, 7) is 1.44. The lowest BCUT2D eigenvalue weighted by atomic mass is 10.0. The van der Waals surface area contributed by atoms with Gasteiger partial charge in [0.05, 0.1) is 18.2 Å². The number of amides is 2. The van der Waals surface area contributed by atoms with Gasteiger partial charge in [0, 0.05) is 35.1 Å². The maximum absolute atomic E-state index is 13.4. The van der Waals surface area contributed by atoms with E-state index in [4.69, 9.17) is 0 Å². The fourth-order valence-corrected chi connectivity index (χ4v) is 5.04. The molecule has 1 saturated heterocycles. The normalized spacial score (nSPS) is 19.7. The summed E-state index contributed by atoms with van der Waals surface area (Å²) in [6.07, 6.45) is 1.11. The van der Waals surface area contributed by atoms with Gasteiger partial charge in [-0.15, -0.1) is 0 Å². The van der Waals surface area contributed by atoms with Crippen LogP contribution in [0.3, 0.4) is 0 Å². The molecule has 1 unspecified atom stereocenters. The van der Waals surface area contributed by atoms with Crippen molar-refractivity contribution in [1.82, 2.24) is 9.88 Å². The molecule has 0 radical (unpaired) electrons. The Morgan fingerprint density at radius 1 is 0.867 bits per heavy atom. The molecule has 1 fully saturated rings. The van der Waals surface area contributed by atoms with E-state index in [-0.39, 0.29) is 18.2 Å². The Morgan fingerprint density at radius 2 is 1.63 bits per heavy atom. The molecular formula is C25H21N3O2. The Kier molecular flexibility index (Phi) is 3.80. The number of para-hydroxylation sites is 1. The lowest BCUT2D eigenvalue weighted by Crippen LogP contribution is -2.44. The van der Waals surface area contributed by atoms with Crippen molar-refractivity contribution < 1.29 is 9.59 Å². The highest BCUT2D eigenvalue weighted by molar-refractivity contribution is 6.25. The van der Waals surface area contributed by atoms with Gasteiger partial charge < -0.3 is 4.98 Å². The third kappa shape index (κ3) is 2.52. The first-order valence-electron chi connectivity index (χ1n) is 10.4. The quantitative estimate of drug-likeness (QED) is 0.522. The van der Waals surface area contributed by atoms with Crippen molar-refractivity contribution in [2.24, 2.45) is 0 Å². The van der Waals surface area contributed by atoms with Crippen LogP contribution in [-0.2, 0) is 22.6 Å². The van der Waals surface area contributed by atoms with Crippen molar-refractivity contribution in [1.29, 1.82) is 0 Å². The van der Waals surface area contributed by atoms with E-state index in [2.05, 4.69) is 28.1 Å². The Hall–Kier alpha value is -3.44. The van der Waals surface area contributed by atoms with Crippen molar-refractivity contribution in [2.45, 2.75) is 25.4 Å². The number of imide groups is 1. The second kappa shape index (κ2) is 6.54. The van der Waals surface area contributed by atoms with Crippen molar-refractivity contribution in [3.05, 3.63) is 78.0 Å². The second-order valence-electron chi connectivity index (χ2n) is 8.13. The van der Waals surface area contributed by atoms with Crippen LogP contribution < -0.4 is 4.90 Å². The highest BCUT2D eigenvalue weighted by Gasteiger charge is 2.44. The fraction of sp³-hybridized carbons (Fsp3) is 0.200. The van der Waals surface area contributed by atoms with E-state index in [0.717, 1.165) is 34.9 Å². The average Bonchev–Trinajstić information content (AvgIpc) is 3.29. The number of carbonyl (C=O) groups is 2. The van der Waals surface area contributed by atoms with Gasteiger partial charge in [0.15, 0.2) is 0 Å². The van der Waals surface area contributed by atoms with Gasteiger partial charge in [-0.05, 0) is 29.5 Å². The fourth-order valence-electron chi connectivity index (χ4n) is 5.04. The zero-order chi connectivity index (χ0) is 20.2. The molecule has 3 heterocycles. The minimum Gasteiger partial charge on any atom is -0.357 e. The van der Waals surface area contributed by atoms with Crippen LogP contribution in [0.25, 0.3) is 21.7 Å². The molecule has 4 aromatic rings. The topological polar surface area (TPSA) is 56.4 Å². The third-order valence-electron chi connectivity index (χ3n) is 6.48. The van der Waals surface area contributed by atoms with Gasteiger partial charge in [-0.2, -0.15) is 0 Å². The van der Waals surface area contributed by atoms with Crippen LogP contribution >= 0.6 is 0 Å². The largest absolute Gasteiger partial charge is 0.357 e. The molecular weight excluding hydrogens is 374 g/mol. The maximum Gasteiger partial charge on any atom is 0.251 e. The minimum atomic E-state index is -0.406. The number of nitrogens with one attached hydrogen (secondary N) is 1. The summed E-state index contributed by atoms with van der Waals surface area (Å²) in [5.41, 5.74) is 4.32. The summed E-state index contributed by atoms with van der Waals surface area (Å²) in [4.78, 5) is 33.4. The van der Waals surface area contributed by atoms with Crippen LogP contribution in [0, 0.1) is 0 Å². The Bertz CT molecular complexity index is 1320. The molecule has 3 aromatic carbocycles. The molecule has 1 atom stereocenters. The molecule has 30 heavy (non-hydrogen) atoms. The monoisotopic (exact) mass is 395 g/mol. The van der Waals surface area contributed by atoms with Crippen molar-refractivity contribution in [2.75, 3.05) is 11.4 Å². The van der Waals surface area contributed by atoms with Crippen molar-refractivity contribution in [3.63, 3.8) is 0 Å². The molecule has 2 aliphatic rings. The van der Waals surface area contributed by atoms with Crippen LogP contribution in [0.15, 0.2) is 66.7 Å². The predicted octanol–water partition coefficient (Wildman–Crippen LogP) is 4.01. The highest BCUT2D eigenvalue weighted by atomic mass is 16.2. The van der Waals surface area contributed by atoms with Crippen LogP contribution in [0.5, 0.6) is 0 Å². The number of fused-ring (bicyclic) bond motifs is 4. The van der Waals surface area contributed by atoms with E-state index < -0.39 is 6.04 Å². The molecule has 0 aliphatic carbocycles. The number of benzene rings is 3. The average molecular weight is 395 g/mol. The van der Waals surface area contributed by atoms with Gasteiger partial charge in [-0.25, -0.2) is 4.90 Å². The van der Waals surface area contributed by atoms with Crippen molar-refractivity contribution >= 4 is 39.2 Å². The first kappa shape index (κ1) is 17.4. The van der Waals surface area contributed by atoms with E-state index >= 15 is 0 Å². The molecule has 2 aliphatic heterocycles. The molecule has 5 nitrogen and oxygen atoms in total. The summed E-state index contributed by atoms with van der Waals surface area (Å²) in [6, 6.07) is 21.6. The molecule has 0 bridgehead atoms. The summed E-state index contributed by atoms with van der Waals surface area (Å²) >= 11 is 0. The second-order valence-corrected chi connectivity index (χ2v) is 8.13. The number of hydrogen-bond acceptors (Lipinski definition) is 3. The predicted molar refractivity (Wildman–Crippen MR) is 117 cm³/mol. The first-order valence-corrected chi connectivity index (χ1v) is 10.4. The number of hydrogen-bond donors (Lipinski definition) is 1. The molecule has 0 saturated carbocycles. The summed E-state index contributed by atoms with van der Waals surface area (Å²) in [5.74, 6) is -0.236. The van der Waals surface area contributed by atoms with Gasteiger partial charge in [-0.1, -0.05) is 54.6 Å². The molecule has 6 rings (SSSR count). The lowest BCUT2D eigenvalue weighted by Gasteiger charge is -2.31. The highest BCUT2D eigenvalue weighted by Crippen LogP contribution is 2.34. The molecule has 0 spiro atoms. The van der Waals surface area contributed by atoms with Crippen LogP contribution in [0.1, 0.15) is 17.7 Å². The molecule has 1 aromatic heterocycles. The Balaban J connectivity index is 1.33. The van der Waals surface area contributed by atoms with E-state index in [1.807, 2.05) is 48.5 Å². The summed E-state index contributed by atoms with van der Waals surface area (Å²) < 4.78 is 0. The number of aromatic nitrogens is 1. The summed E-state index contributed by atoms with van der Waals surface area (Å²) in [7, 11) is 0. The zero-order valence-electron chi connectivity index (χ0n) is 16.5. The van der Waals surface area contributed by atoms with Crippen LogP contribution in [0.2, 0.25) is 0 Å². The van der Waals surface area contributed by atoms with Gasteiger partial charge in [-0.3, -0.25) is 14.5 Å². The number of anilines is 1. The Labute approximate surface area is 173 Å². The molecule has 5 heteroatoms. The van der Waals surface area contributed by atoms with Gasteiger partial charge in [0.1, 0.15) is 0 Å². The van der Waals surface area contributed by atoms with Crippen LogP contribution in [-0.4, -0.2) is 34.3 Å². The van der Waals surface area contributed by atoms with Gasteiger partial charge in [0.25, 0.3) is 5.91 Å². The summed E-state index contributed by atoms with van der Waals surface area (Å²) in [5, 5.41) is 3.22. The molecule has 2 amide bonds. The number of nitrogens with zero attached hydrogens (tertiary/aromatic N) is 2. The van der Waals surface area contributed by atoms with E-state index in [1.165, 1.54) is 15.8 Å². The standard InChI is InChI=1S/C25H21N3O2/c29-24-14-23(25(30)28(24)22-11-5-7-16-6-1-2-8-17(16)22)27-13-12-19-18-9-3-4-10-20(18)26-21(19)15-27/h1-11,23,26H,12-15H2. The third-order valence-corrected chi connectivity index (χ3v) is 6.48. The number of rotatable bonds is 2. The van der Waals surface area contributed by atoms with E-state index in [9.17, 15) is 9.59 Å². The molecule has 1 N–H and O–H groups in total. The number of aromatic amines is 1. The van der Waals surface area contributed by atoms with E-state index in [0.29, 0.717) is 12.2 Å². The number of carbonyl (C=O) groups excluding carboxylic acids is 2. The van der Waals surface area contributed by atoms with Gasteiger partial charge >= 0.3 is 0 Å². The Morgan fingerprint density at radius 3 is 2.53 bits per heavy atom. The van der Waals surface area contributed by atoms with Gasteiger partial charge in [0.2, 0.25) is 5.91 Å². The minimum absolute atomic E-state index is 0.115. The number of H-pyrrole nitrogens is 1. The SMILES string of the molecule is O=C1CC(N2CCc3c([nH]c4ccccc34)C2)C(=O)N1c1cccc2ccccc12. The lowest BCUT2D eigenvalue weighted by molar-refractivity contribution is -0.123. The maximum atomic E-state index is 13.4.